The van der Waals surface area contributed by atoms with Gasteiger partial charge in [-0.25, -0.2) is 0 Å². The highest BCUT2D eigenvalue weighted by atomic mass is 16.5. The number of esters is 4. The highest BCUT2D eigenvalue weighted by molar-refractivity contribution is 5.70. The minimum absolute atomic E-state index is 0.0385. The first-order valence-corrected chi connectivity index (χ1v) is 27.1. The van der Waals surface area contributed by atoms with Crippen molar-refractivity contribution in [2.24, 2.45) is 0 Å². The monoisotopic (exact) mass is 879 g/mol. The van der Waals surface area contributed by atoms with Crippen LogP contribution in [0.1, 0.15) is 297 Å². The Balaban J connectivity index is 3.68. The van der Waals surface area contributed by atoms with Crippen LogP contribution >= 0.6 is 0 Å². The molecule has 0 aliphatic carbocycles. The zero-order valence-electron chi connectivity index (χ0n) is 41.5. The minimum Gasteiger partial charge on any atom is -0.466 e. The van der Waals surface area contributed by atoms with Crippen molar-refractivity contribution >= 4 is 23.9 Å². The van der Waals surface area contributed by atoms with Crippen LogP contribution in [0.25, 0.3) is 0 Å². The number of hydrogen-bond acceptors (Lipinski definition) is 8. The van der Waals surface area contributed by atoms with Crippen LogP contribution in [0.4, 0.5) is 0 Å². The van der Waals surface area contributed by atoms with E-state index in [1.807, 2.05) is 13.8 Å². The maximum absolute atomic E-state index is 12.2. The molecule has 0 aromatic rings. The molecule has 0 aromatic carbocycles. The fourth-order valence-corrected chi connectivity index (χ4v) is 8.20. The van der Waals surface area contributed by atoms with Crippen LogP contribution < -0.4 is 0 Å². The summed E-state index contributed by atoms with van der Waals surface area (Å²) in [6, 6.07) is 0. The van der Waals surface area contributed by atoms with Crippen molar-refractivity contribution in [3.63, 3.8) is 0 Å². The van der Waals surface area contributed by atoms with Crippen LogP contribution in [0, 0.1) is 0 Å². The van der Waals surface area contributed by atoms with Gasteiger partial charge in [-0.2, -0.15) is 0 Å². The summed E-state index contributed by atoms with van der Waals surface area (Å²) in [7, 11) is 0. The van der Waals surface area contributed by atoms with Crippen LogP contribution in [0.15, 0.2) is 0 Å². The van der Waals surface area contributed by atoms with E-state index in [0.29, 0.717) is 38.9 Å². The number of rotatable bonds is 49. The Morgan fingerprint density at radius 3 is 0.823 bits per heavy atom. The van der Waals surface area contributed by atoms with Gasteiger partial charge in [0.05, 0.1) is 13.2 Å². The van der Waals surface area contributed by atoms with E-state index in [9.17, 15) is 19.2 Å². The van der Waals surface area contributed by atoms with Gasteiger partial charge in [0.25, 0.3) is 0 Å². The molecule has 0 bridgehead atoms. The zero-order chi connectivity index (χ0) is 45.4. The van der Waals surface area contributed by atoms with E-state index in [1.165, 1.54) is 103 Å². The Labute approximate surface area is 383 Å². The van der Waals surface area contributed by atoms with E-state index in [4.69, 9.17) is 18.9 Å². The van der Waals surface area contributed by atoms with E-state index in [-0.39, 0.29) is 36.1 Å². The van der Waals surface area contributed by atoms with Crippen molar-refractivity contribution in [2.45, 2.75) is 310 Å². The molecule has 0 saturated carbocycles. The summed E-state index contributed by atoms with van der Waals surface area (Å²) < 4.78 is 22.6. The summed E-state index contributed by atoms with van der Waals surface area (Å²) in [5, 5.41) is 0. The van der Waals surface area contributed by atoms with E-state index < -0.39 is 0 Å². The summed E-state index contributed by atoms with van der Waals surface area (Å²) in [6.45, 7) is 9.60. The Bertz CT molecular complexity index is 999. The molecule has 0 N–H and O–H groups in total. The van der Waals surface area contributed by atoms with Crippen LogP contribution in [-0.2, 0) is 38.1 Å². The van der Waals surface area contributed by atoms with Gasteiger partial charge in [0.15, 0.2) is 0 Å². The average Bonchev–Trinajstić information content (AvgIpc) is 3.25. The average molecular weight is 879 g/mol. The summed E-state index contributed by atoms with van der Waals surface area (Å²) in [6.07, 6.45) is 44.8. The SMILES string of the molecule is CCCCCCCCCC(CCCCCCCC(=O)OCCCCCCCCCCOC(=O)CCCCCCCCC(CCCCCCCC)OC(=O)CCC)OC(=O)CCC. The molecule has 2 atom stereocenters. The summed E-state index contributed by atoms with van der Waals surface area (Å²) in [5.74, 6) is -0.213. The van der Waals surface area contributed by atoms with Gasteiger partial charge in [0.2, 0.25) is 0 Å². The third-order valence-electron chi connectivity index (χ3n) is 12.1. The Hall–Kier alpha value is -2.12. The molecular weight excluding hydrogens is 777 g/mol. The molecule has 0 spiro atoms. The standard InChI is InChI=1S/C54H102O8/c1-5-9-11-13-17-24-32-42-50(62-54(58)40-8-4)44-34-26-22-28-36-46-52(56)60-48-38-30-21-16-15-20-29-37-47-59-51(55)45-35-27-19-18-25-33-43-49(61-53(57)39-7-3)41-31-23-14-12-10-6-2/h49-50H,5-48H2,1-4H3. The summed E-state index contributed by atoms with van der Waals surface area (Å²) in [4.78, 5) is 48.6. The molecule has 0 heterocycles. The molecular formula is C54H102O8. The Morgan fingerprint density at radius 1 is 0.274 bits per heavy atom. The van der Waals surface area contributed by atoms with Crippen molar-refractivity contribution in [1.29, 1.82) is 0 Å². The van der Waals surface area contributed by atoms with E-state index in [2.05, 4.69) is 13.8 Å². The third-order valence-corrected chi connectivity index (χ3v) is 12.1. The molecule has 0 aromatic heterocycles. The molecule has 0 amide bonds. The largest absolute Gasteiger partial charge is 0.466 e. The molecule has 366 valence electrons. The number of hydrogen-bond donors (Lipinski definition) is 0. The van der Waals surface area contributed by atoms with Gasteiger partial charge in [0.1, 0.15) is 12.2 Å². The highest BCUT2D eigenvalue weighted by Gasteiger charge is 2.15. The Kier molecular flexibility index (Phi) is 46.7. The van der Waals surface area contributed by atoms with Crippen molar-refractivity contribution in [1.82, 2.24) is 0 Å². The van der Waals surface area contributed by atoms with Crippen molar-refractivity contribution in [3.05, 3.63) is 0 Å². The topological polar surface area (TPSA) is 105 Å². The van der Waals surface area contributed by atoms with E-state index >= 15 is 0 Å². The molecule has 0 radical (unpaired) electrons. The molecule has 2 unspecified atom stereocenters. The second-order valence-corrected chi connectivity index (χ2v) is 18.4. The van der Waals surface area contributed by atoms with Gasteiger partial charge >= 0.3 is 23.9 Å². The molecule has 0 aliphatic rings. The van der Waals surface area contributed by atoms with Gasteiger partial charge in [-0.3, -0.25) is 19.2 Å². The van der Waals surface area contributed by atoms with E-state index in [0.717, 1.165) is 141 Å². The number of carbonyl (C=O) groups excluding carboxylic acids is 4. The first-order valence-electron chi connectivity index (χ1n) is 27.1. The predicted octanol–water partition coefficient (Wildman–Crippen LogP) is 16.4. The molecule has 0 aliphatic heterocycles. The van der Waals surface area contributed by atoms with Gasteiger partial charge < -0.3 is 18.9 Å². The smallest absolute Gasteiger partial charge is 0.306 e. The van der Waals surface area contributed by atoms with Gasteiger partial charge in [-0.1, -0.05) is 182 Å². The van der Waals surface area contributed by atoms with Crippen molar-refractivity contribution < 1.29 is 38.1 Å². The van der Waals surface area contributed by atoms with Gasteiger partial charge in [-0.15, -0.1) is 0 Å². The lowest BCUT2D eigenvalue weighted by Crippen LogP contribution is -2.18. The number of unbranched alkanes of at least 4 members (excludes halogenated alkanes) is 27. The lowest BCUT2D eigenvalue weighted by molar-refractivity contribution is -0.150. The molecule has 8 heteroatoms. The van der Waals surface area contributed by atoms with Crippen molar-refractivity contribution in [2.75, 3.05) is 13.2 Å². The van der Waals surface area contributed by atoms with Gasteiger partial charge in [0, 0.05) is 25.7 Å². The first-order chi connectivity index (χ1) is 30.4. The predicted molar refractivity (Wildman–Crippen MR) is 258 cm³/mol. The number of carbonyl (C=O) groups is 4. The summed E-state index contributed by atoms with van der Waals surface area (Å²) in [5.41, 5.74) is 0. The molecule has 0 rings (SSSR count). The second kappa shape index (κ2) is 48.3. The lowest BCUT2D eigenvalue weighted by atomic mass is 10.0. The maximum atomic E-state index is 12.2. The van der Waals surface area contributed by atoms with Crippen molar-refractivity contribution in [3.8, 4) is 0 Å². The Morgan fingerprint density at radius 2 is 0.532 bits per heavy atom. The van der Waals surface area contributed by atoms with Crippen LogP contribution in [0.5, 0.6) is 0 Å². The van der Waals surface area contributed by atoms with Crippen LogP contribution in [0.3, 0.4) is 0 Å². The van der Waals surface area contributed by atoms with Crippen LogP contribution in [-0.4, -0.2) is 49.3 Å². The normalized spacial score (nSPS) is 12.3. The van der Waals surface area contributed by atoms with E-state index in [1.54, 1.807) is 0 Å². The highest BCUT2D eigenvalue weighted by Crippen LogP contribution is 2.20. The second-order valence-electron chi connectivity index (χ2n) is 18.4. The van der Waals surface area contributed by atoms with Gasteiger partial charge in [-0.05, 0) is 89.9 Å². The molecule has 62 heavy (non-hydrogen) atoms. The van der Waals surface area contributed by atoms with Crippen LogP contribution in [0.2, 0.25) is 0 Å². The molecule has 8 nitrogen and oxygen atoms in total. The third kappa shape index (κ3) is 44.5. The fraction of sp³-hybridized carbons (Fsp3) is 0.926. The lowest BCUT2D eigenvalue weighted by Gasteiger charge is -2.18. The fourth-order valence-electron chi connectivity index (χ4n) is 8.20. The first kappa shape index (κ1) is 59.9. The summed E-state index contributed by atoms with van der Waals surface area (Å²) >= 11 is 0. The minimum atomic E-state index is -0.0680. The zero-order valence-corrected chi connectivity index (χ0v) is 41.5. The quantitative estimate of drug-likeness (QED) is 0.0338. The molecule has 0 saturated heterocycles. The molecule has 0 fully saturated rings. The maximum Gasteiger partial charge on any atom is 0.306 e. The number of ether oxygens (including phenoxy) is 4.